The van der Waals surface area contributed by atoms with Gasteiger partial charge in [0.1, 0.15) is 11.9 Å². The standard InChI is InChI=1S/C11H17N3OS/c1-2-12-6-10(15-4-1)9-7-14-3-5-16-8-11(14)13-9/h7,10,12H,1-6,8H2. The van der Waals surface area contributed by atoms with E-state index in [2.05, 4.69) is 16.1 Å². The second-order valence-electron chi connectivity index (χ2n) is 4.25. The summed E-state index contributed by atoms with van der Waals surface area (Å²) in [4.78, 5) is 4.69. The summed E-state index contributed by atoms with van der Waals surface area (Å²) in [5.74, 6) is 3.45. The van der Waals surface area contributed by atoms with Gasteiger partial charge in [0.25, 0.3) is 0 Å². The molecule has 1 fully saturated rings. The Bertz CT molecular complexity index is 335. The van der Waals surface area contributed by atoms with Crippen molar-refractivity contribution in [1.29, 1.82) is 0 Å². The Hall–Kier alpha value is -0.520. The quantitative estimate of drug-likeness (QED) is 0.799. The second-order valence-corrected chi connectivity index (χ2v) is 5.35. The smallest absolute Gasteiger partial charge is 0.119 e. The lowest BCUT2D eigenvalue weighted by Crippen LogP contribution is -2.20. The van der Waals surface area contributed by atoms with Gasteiger partial charge in [-0.05, 0) is 13.0 Å². The van der Waals surface area contributed by atoms with Gasteiger partial charge in [0.15, 0.2) is 0 Å². The molecular weight excluding hydrogens is 222 g/mol. The summed E-state index contributed by atoms with van der Waals surface area (Å²) < 4.78 is 8.10. The van der Waals surface area contributed by atoms with Crippen LogP contribution in [0.25, 0.3) is 0 Å². The first-order valence-electron chi connectivity index (χ1n) is 5.89. The van der Waals surface area contributed by atoms with Gasteiger partial charge in [-0.15, -0.1) is 0 Å². The first kappa shape index (κ1) is 10.6. The number of aromatic nitrogens is 2. The summed E-state index contributed by atoms with van der Waals surface area (Å²) >= 11 is 1.96. The third kappa shape index (κ3) is 2.12. The van der Waals surface area contributed by atoms with E-state index in [1.165, 1.54) is 11.6 Å². The highest BCUT2D eigenvalue weighted by Gasteiger charge is 2.20. The molecule has 0 radical (unpaired) electrons. The number of nitrogens with one attached hydrogen (secondary N) is 1. The molecule has 3 rings (SSSR count). The summed E-state index contributed by atoms with van der Waals surface area (Å²) in [5, 5.41) is 3.40. The number of hydrogen-bond donors (Lipinski definition) is 1. The highest BCUT2D eigenvalue weighted by Crippen LogP contribution is 2.23. The molecule has 0 spiro atoms. The zero-order valence-electron chi connectivity index (χ0n) is 9.32. The Morgan fingerprint density at radius 2 is 2.56 bits per heavy atom. The number of thioether (sulfide) groups is 1. The summed E-state index contributed by atoms with van der Waals surface area (Å²) in [6.07, 6.45) is 3.41. The maximum atomic E-state index is 5.82. The minimum absolute atomic E-state index is 0.144. The summed E-state index contributed by atoms with van der Waals surface area (Å²) in [6.45, 7) is 3.88. The fourth-order valence-corrected chi connectivity index (χ4v) is 3.05. The van der Waals surface area contributed by atoms with Crippen LogP contribution in [0.15, 0.2) is 6.20 Å². The predicted molar refractivity (Wildman–Crippen MR) is 64.6 cm³/mol. The van der Waals surface area contributed by atoms with Gasteiger partial charge < -0.3 is 14.6 Å². The van der Waals surface area contributed by atoms with Gasteiger partial charge in [0.05, 0.1) is 11.4 Å². The normalized spacial score (nSPS) is 26.1. The first-order chi connectivity index (χ1) is 7.93. The van der Waals surface area contributed by atoms with Crippen molar-refractivity contribution in [2.75, 3.05) is 25.4 Å². The third-order valence-electron chi connectivity index (χ3n) is 3.06. The monoisotopic (exact) mass is 239 g/mol. The first-order valence-corrected chi connectivity index (χ1v) is 7.05. The lowest BCUT2D eigenvalue weighted by atomic mass is 10.3. The van der Waals surface area contributed by atoms with Crippen molar-refractivity contribution in [3.8, 4) is 0 Å². The van der Waals surface area contributed by atoms with Crippen LogP contribution in [0, 0.1) is 0 Å². The number of nitrogens with zero attached hydrogens (tertiary/aromatic N) is 2. The van der Waals surface area contributed by atoms with E-state index in [9.17, 15) is 0 Å². The predicted octanol–water partition coefficient (Wildman–Crippen LogP) is 1.18. The molecule has 1 atom stereocenters. The van der Waals surface area contributed by atoms with E-state index in [0.29, 0.717) is 0 Å². The molecule has 5 heteroatoms. The van der Waals surface area contributed by atoms with Crippen molar-refractivity contribution in [1.82, 2.24) is 14.9 Å². The molecule has 1 aromatic heterocycles. The van der Waals surface area contributed by atoms with Crippen molar-refractivity contribution < 1.29 is 4.74 Å². The molecule has 1 aromatic rings. The largest absolute Gasteiger partial charge is 0.370 e. The van der Waals surface area contributed by atoms with Gasteiger partial charge in [-0.3, -0.25) is 0 Å². The molecule has 1 N–H and O–H groups in total. The fraction of sp³-hybridized carbons (Fsp3) is 0.727. The van der Waals surface area contributed by atoms with Crippen LogP contribution in [0.4, 0.5) is 0 Å². The van der Waals surface area contributed by atoms with Gasteiger partial charge in [-0.2, -0.15) is 11.8 Å². The number of aryl methyl sites for hydroxylation is 1. The molecule has 3 heterocycles. The number of rotatable bonds is 1. The Labute approximate surface area is 99.8 Å². The average molecular weight is 239 g/mol. The minimum atomic E-state index is 0.144. The number of fused-ring (bicyclic) bond motifs is 1. The summed E-state index contributed by atoms with van der Waals surface area (Å²) in [5.41, 5.74) is 1.10. The second kappa shape index (κ2) is 4.77. The average Bonchev–Trinajstić information content (AvgIpc) is 2.56. The number of hydrogen-bond acceptors (Lipinski definition) is 4. The summed E-state index contributed by atoms with van der Waals surface area (Å²) in [6, 6.07) is 0. The highest BCUT2D eigenvalue weighted by molar-refractivity contribution is 7.98. The van der Waals surface area contributed by atoms with Gasteiger partial charge in [0.2, 0.25) is 0 Å². The van der Waals surface area contributed by atoms with Crippen LogP contribution in [-0.4, -0.2) is 35.0 Å². The van der Waals surface area contributed by atoms with E-state index < -0.39 is 0 Å². The van der Waals surface area contributed by atoms with Crippen molar-refractivity contribution >= 4 is 11.8 Å². The molecule has 4 nitrogen and oxygen atoms in total. The molecule has 1 unspecified atom stereocenters. The molecule has 0 aliphatic carbocycles. The Kier molecular flexibility index (Phi) is 3.17. The highest BCUT2D eigenvalue weighted by atomic mass is 32.2. The van der Waals surface area contributed by atoms with Crippen LogP contribution in [0.2, 0.25) is 0 Å². The van der Waals surface area contributed by atoms with Gasteiger partial charge in [-0.25, -0.2) is 4.98 Å². The van der Waals surface area contributed by atoms with Crippen molar-refractivity contribution in [3.05, 3.63) is 17.7 Å². The molecule has 88 valence electrons. The van der Waals surface area contributed by atoms with Gasteiger partial charge >= 0.3 is 0 Å². The zero-order valence-corrected chi connectivity index (χ0v) is 10.1. The van der Waals surface area contributed by atoms with Crippen LogP contribution >= 0.6 is 11.8 Å². The van der Waals surface area contributed by atoms with E-state index in [1.54, 1.807) is 0 Å². The lowest BCUT2D eigenvalue weighted by molar-refractivity contribution is 0.0641. The summed E-state index contributed by atoms with van der Waals surface area (Å²) in [7, 11) is 0. The molecule has 0 bridgehead atoms. The molecule has 1 saturated heterocycles. The van der Waals surface area contributed by atoms with Crippen LogP contribution < -0.4 is 5.32 Å². The molecule has 16 heavy (non-hydrogen) atoms. The van der Waals surface area contributed by atoms with E-state index in [-0.39, 0.29) is 6.10 Å². The molecule has 0 amide bonds. The molecular formula is C11H17N3OS. The van der Waals surface area contributed by atoms with E-state index in [4.69, 9.17) is 9.72 Å². The number of ether oxygens (including phenoxy) is 1. The van der Waals surface area contributed by atoms with E-state index in [0.717, 1.165) is 44.1 Å². The third-order valence-corrected chi connectivity index (χ3v) is 4.00. The van der Waals surface area contributed by atoms with Crippen LogP contribution in [-0.2, 0) is 17.0 Å². The molecule has 0 aromatic carbocycles. The molecule has 0 saturated carbocycles. The fourth-order valence-electron chi connectivity index (χ4n) is 2.17. The SMILES string of the molecule is c1c(C2CNCCCO2)nc2n1CCSC2. The zero-order chi connectivity index (χ0) is 10.8. The van der Waals surface area contributed by atoms with Gasteiger partial charge in [-0.1, -0.05) is 0 Å². The van der Waals surface area contributed by atoms with Crippen molar-refractivity contribution in [2.45, 2.75) is 24.8 Å². The maximum absolute atomic E-state index is 5.82. The van der Waals surface area contributed by atoms with Crippen LogP contribution in [0.5, 0.6) is 0 Å². The van der Waals surface area contributed by atoms with Crippen molar-refractivity contribution in [2.24, 2.45) is 0 Å². The topological polar surface area (TPSA) is 39.1 Å². The van der Waals surface area contributed by atoms with E-state index in [1.807, 2.05) is 11.8 Å². The van der Waals surface area contributed by atoms with Crippen LogP contribution in [0.1, 0.15) is 24.0 Å². The van der Waals surface area contributed by atoms with Crippen LogP contribution in [0.3, 0.4) is 0 Å². The van der Waals surface area contributed by atoms with E-state index >= 15 is 0 Å². The number of imidazole rings is 1. The minimum Gasteiger partial charge on any atom is -0.370 e. The Morgan fingerprint density at radius 1 is 1.56 bits per heavy atom. The Balaban J connectivity index is 1.79. The maximum Gasteiger partial charge on any atom is 0.119 e. The lowest BCUT2D eigenvalue weighted by Gasteiger charge is -2.12. The molecule has 2 aliphatic rings. The Morgan fingerprint density at radius 3 is 3.50 bits per heavy atom. The van der Waals surface area contributed by atoms with Crippen molar-refractivity contribution in [3.63, 3.8) is 0 Å². The molecule has 2 aliphatic heterocycles. The van der Waals surface area contributed by atoms with Gasteiger partial charge in [0, 0.05) is 31.6 Å².